The van der Waals surface area contributed by atoms with Gasteiger partial charge in [-0.05, 0) is 30.3 Å². The van der Waals surface area contributed by atoms with Crippen molar-refractivity contribution in [2.24, 2.45) is 0 Å². The van der Waals surface area contributed by atoms with E-state index in [1.807, 2.05) is 0 Å². The quantitative estimate of drug-likeness (QED) is 0.765. The van der Waals surface area contributed by atoms with Crippen LogP contribution in [0.25, 0.3) is 0 Å². The molecule has 0 aliphatic carbocycles. The molecule has 1 heterocycles. The van der Waals surface area contributed by atoms with Gasteiger partial charge in [0.15, 0.2) is 9.84 Å². The molecule has 0 aliphatic heterocycles. The van der Waals surface area contributed by atoms with E-state index in [4.69, 9.17) is 9.47 Å². The van der Waals surface area contributed by atoms with Crippen molar-refractivity contribution < 1.29 is 22.7 Å². The smallest absolute Gasteiger partial charge is 0.255 e. The molecule has 0 atom stereocenters. The van der Waals surface area contributed by atoms with Gasteiger partial charge in [-0.25, -0.2) is 13.4 Å². The number of rotatable bonds is 7. The second-order valence-electron chi connectivity index (χ2n) is 4.98. The first-order valence-corrected chi connectivity index (χ1v) is 8.98. The minimum absolute atomic E-state index is 0.165. The first-order valence-electron chi connectivity index (χ1n) is 7.09. The van der Waals surface area contributed by atoms with Gasteiger partial charge < -0.3 is 14.8 Å². The maximum atomic E-state index is 12.1. The van der Waals surface area contributed by atoms with Crippen LogP contribution in [0.15, 0.2) is 47.5 Å². The molecule has 1 aromatic carbocycles. The van der Waals surface area contributed by atoms with Crippen LogP contribution in [-0.2, 0) is 14.6 Å². The van der Waals surface area contributed by atoms with Gasteiger partial charge in [0.2, 0.25) is 5.88 Å². The van der Waals surface area contributed by atoms with Gasteiger partial charge >= 0.3 is 0 Å². The number of carbonyl (C=O) groups excluding carboxylic acids is 1. The lowest BCUT2D eigenvalue weighted by Crippen LogP contribution is -2.12. The third-order valence-electron chi connectivity index (χ3n) is 3.08. The minimum atomic E-state index is -3.28. The number of carbonyl (C=O) groups is 1. The Bertz CT molecular complexity index is 786. The minimum Gasteiger partial charge on any atom is -0.475 e. The molecule has 1 amide bonds. The van der Waals surface area contributed by atoms with Gasteiger partial charge in [-0.1, -0.05) is 0 Å². The zero-order valence-corrected chi connectivity index (χ0v) is 14.2. The zero-order chi connectivity index (χ0) is 17.6. The van der Waals surface area contributed by atoms with E-state index in [0.29, 0.717) is 30.3 Å². The average molecular weight is 350 g/mol. The van der Waals surface area contributed by atoms with Crippen molar-refractivity contribution in [3.63, 3.8) is 0 Å². The molecule has 24 heavy (non-hydrogen) atoms. The fourth-order valence-corrected chi connectivity index (χ4v) is 2.46. The lowest BCUT2D eigenvalue weighted by Gasteiger charge is -2.07. The van der Waals surface area contributed by atoms with Gasteiger partial charge in [0.25, 0.3) is 5.91 Å². The standard InChI is InChI=1S/C16H18N2O5S/c1-22-9-10-23-15-8-5-13(11-17-15)18-16(19)12-3-6-14(7-4-12)24(2,20)21/h3-8,11H,9-10H2,1-2H3,(H,18,19). The molecule has 0 saturated heterocycles. The third-order valence-corrected chi connectivity index (χ3v) is 4.20. The lowest BCUT2D eigenvalue weighted by molar-refractivity contribution is 0.102. The summed E-state index contributed by atoms with van der Waals surface area (Å²) in [7, 11) is -1.70. The van der Waals surface area contributed by atoms with Gasteiger partial charge in [-0.2, -0.15) is 0 Å². The molecule has 0 aliphatic rings. The summed E-state index contributed by atoms with van der Waals surface area (Å²) in [5.74, 6) is 0.0763. The van der Waals surface area contributed by atoms with E-state index in [0.717, 1.165) is 6.26 Å². The highest BCUT2D eigenvalue weighted by Gasteiger charge is 2.10. The van der Waals surface area contributed by atoms with Crippen LogP contribution in [0.2, 0.25) is 0 Å². The van der Waals surface area contributed by atoms with Crippen LogP contribution in [0.4, 0.5) is 5.69 Å². The number of hydrogen-bond donors (Lipinski definition) is 1. The Balaban J connectivity index is 1.99. The Labute approximate surface area is 140 Å². The van der Waals surface area contributed by atoms with Crippen LogP contribution in [0.5, 0.6) is 5.88 Å². The molecule has 7 nitrogen and oxygen atoms in total. The van der Waals surface area contributed by atoms with E-state index in [9.17, 15) is 13.2 Å². The van der Waals surface area contributed by atoms with E-state index in [1.54, 1.807) is 19.2 Å². The molecular weight excluding hydrogens is 332 g/mol. The molecule has 2 aromatic rings. The molecule has 0 fully saturated rings. The summed E-state index contributed by atoms with van der Waals surface area (Å²) in [5, 5.41) is 2.68. The molecule has 0 bridgehead atoms. The summed E-state index contributed by atoms with van der Waals surface area (Å²) >= 11 is 0. The van der Waals surface area contributed by atoms with E-state index in [-0.39, 0.29) is 10.8 Å². The second kappa shape index (κ2) is 7.89. The van der Waals surface area contributed by atoms with Crippen LogP contribution in [0.1, 0.15) is 10.4 Å². The fourth-order valence-electron chi connectivity index (χ4n) is 1.83. The summed E-state index contributed by atoms with van der Waals surface area (Å²) in [6.07, 6.45) is 2.59. The van der Waals surface area contributed by atoms with Gasteiger partial charge in [-0.3, -0.25) is 4.79 Å². The van der Waals surface area contributed by atoms with Crippen LogP contribution in [0, 0.1) is 0 Å². The largest absolute Gasteiger partial charge is 0.475 e. The van der Waals surface area contributed by atoms with E-state index in [1.165, 1.54) is 30.5 Å². The summed E-state index contributed by atoms with van der Waals surface area (Å²) in [5.41, 5.74) is 0.856. The molecule has 0 radical (unpaired) electrons. The summed E-state index contributed by atoms with van der Waals surface area (Å²) < 4.78 is 33.0. The number of aromatic nitrogens is 1. The van der Waals surface area contributed by atoms with Crippen molar-refractivity contribution in [2.45, 2.75) is 4.90 Å². The molecule has 128 valence electrons. The average Bonchev–Trinajstić information content (AvgIpc) is 2.56. The highest BCUT2D eigenvalue weighted by Crippen LogP contribution is 2.14. The molecule has 2 rings (SSSR count). The summed E-state index contributed by atoms with van der Waals surface area (Å²) in [4.78, 5) is 16.4. The van der Waals surface area contributed by atoms with Crippen molar-refractivity contribution in [1.82, 2.24) is 4.98 Å². The Morgan fingerprint density at radius 2 is 1.83 bits per heavy atom. The van der Waals surface area contributed by atoms with Crippen molar-refractivity contribution >= 4 is 21.4 Å². The second-order valence-corrected chi connectivity index (χ2v) is 6.99. The number of methoxy groups -OCH3 is 1. The lowest BCUT2D eigenvalue weighted by atomic mass is 10.2. The number of amides is 1. The molecule has 0 saturated carbocycles. The molecule has 1 N–H and O–H groups in total. The Morgan fingerprint density at radius 3 is 2.38 bits per heavy atom. The summed E-state index contributed by atoms with van der Waals surface area (Å²) in [6.45, 7) is 0.853. The number of nitrogens with zero attached hydrogens (tertiary/aromatic N) is 1. The molecule has 0 unspecified atom stereocenters. The Kier molecular flexibility index (Phi) is 5.88. The molecular formula is C16H18N2O5S. The highest BCUT2D eigenvalue weighted by molar-refractivity contribution is 7.90. The van der Waals surface area contributed by atoms with Crippen LogP contribution in [0.3, 0.4) is 0 Å². The Morgan fingerprint density at radius 1 is 1.12 bits per heavy atom. The van der Waals surface area contributed by atoms with Gasteiger partial charge in [0.1, 0.15) is 6.61 Å². The molecule has 0 spiro atoms. The molecule has 1 aromatic heterocycles. The van der Waals surface area contributed by atoms with Gasteiger partial charge in [0.05, 0.1) is 23.4 Å². The van der Waals surface area contributed by atoms with Crippen molar-refractivity contribution in [3.8, 4) is 5.88 Å². The van der Waals surface area contributed by atoms with Crippen molar-refractivity contribution in [2.75, 3.05) is 31.9 Å². The van der Waals surface area contributed by atoms with Crippen molar-refractivity contribution in [3.05, 3.63) is 48.2 Å². The number of sulfone groups is 1. The van der Waals surface area contributed by atoms with E-state index >= 15 is 0 Å². The number of ether oxygens (including phenoxy) is 2. The number of anilines is 1. The number of nitrogens with one attached hydrogen (secondary N) is 1. The maximum absolute atomic E-state index is 12.1. The molecule has 8 heteroatoms. The SMILES string of the molecule is COCCOc1ccc(NC(=O)c2ccc(S(C)(=O)=O)cc2)cn1. The highest BCUT2D eigenvalue weighted by atomic mass is 32.2. The number of hydrogen-bond acceptors (Lipinski definition) is 6. The maximum Gasteiger partial charge on any atom is 0.255 e. The monoisotopic (exact) mass is 350 g/mol. The van der Waals surface area contributed by atoms with Crippen LogP contribution >= 0.6 is 0 Å². The first-order chi connectivity index (χ1) is 11.4. The van der Waals surface area contributed by atoms with E-state index < -0.39 is 9.84 Å². The zero-order valence-electron chi connectivity index (χ0n) is 13.4. The first kappa shape index (κ1) is 17.9. The fraction of sp³-hybridized carbons (Fsp3) is 0.250. The Hall–Kier alpha value is -2.45. The summed E-state index contributed by atoms with van der Waals surface area (Å²) in [6, 6.07) is 9.02. The van der Waals surface area contributed by atoms with E-state index in [2.05, 4.69) is 10.3 Å². The number of benzene rings is 1. The van der Waals surface area contributed by atoms with Crippen LogP contribution in [-0.4, -0.2) is 45.9 Å². The van der Waals surface area contributed by atoms with Gasteiger partial charge in [0, 0.05) is 25.0 Å². The predicted octanol–water partition coefficient (Wildman–Crippen LogP) is 1.76. The topological polar surface area (TPSA) is 94.6 Å². The van der Waals surface area contributed by atoms with Crippen LogP contribution < -0.4 is 10.1 Å². The normalized spacial score (nSPS) is 11.1. The number of pyridine rings is 1. The van der Waals surface area contributed by atoms with Crippen molar-refractivity contribution in [1.29, 1.82) is 0 Å². The third kappa shape index (κ3) is 5.04. The predicted molar refractivity (Wildman–Crippen MR) is 89.1 cm³/mol. The van der Waals surface area contributed by atoms with Gasteiger partial charge in [-0.15, -0.1) is 0 Å².